The standard InChI is InChI=1S/C8H4FN2/c9-6-2-1-3-7-8(6)11-5-4-10-7/h1-3,5H. The maximum absolute atomic E-state index is 12.9. The molecule has 0 amide bonds. The fourth-order valence-electron chi connectivity index (χ4n) is 0.914. The van der Waals surface area contributed by atoms with Crippen LogP contribution in [-0.4, -0.2) is 9.97 Å². The Balaban J connectivity index is 2.91. The van der Waals surface area contributed by atoms with Gasteiger partial charge in [0.2, 0.25) is 0 Å². The van der Waals surface area contributed by atoms with Crippen molar-refractivity contribution in [3.8, 4) is 0 Å². The van der Waals surface area contributed by atoms with Gasteiger partial charge >= 0.3 is 0 Å². The molecule has 1 radical (unpaired) electrons. The normalized spacial score (nSPS) is 10.3. The van der Waals surface area contributed by atoms with Crippen molar-refractivity contribution in [3.63, 3.8) is 0 Å². The molecule has 0 saturated heterocycles. The van der Waals surface area contributed by atoms with Crippen molar-refractivity contribution in [1.29, 1.82) is 0 Å². The lowest BCUT2D eigenvalue weighted by atomic mass is 10.3. The topological polar surface area (TPSA) is 25.8 Å². The molecule has 0 fully saturated rings. The Kier molecular flexibility index (Phi) is 1.28. The van der Waals surface area contributed by atoms with Crippen LogP contribution >= 0.6 is 0 Å². The Labute approximate surface area is 62.7 Å². The summed E-state index contributed by atoms with van der Waals surface area (Å²) in [6.07, 6.45) is 3.89. The molecule has 0 N–H and O–H groups in total. The number of hydrogen-bond donors (Lipinski definition) is 0. The summed E-state index contributed by atoms with van der Waals surface area (Å²) >= 11 is 0. The van der Waals surface area contributed by atoms with Crippen LogP contribution in [0, 0.1) is 12.0 Å². The van der Waals surface area contributed by atoms with Crippen molar-refractivity contribution in [1.82, 2.24) is 9.97 Å². The van der Waals surface area contributed by atoms with Crippen LogP contribution in [0.2, 0.25) is 0 Å². The third-order valence-electron chi connectivity index (χ3n) is 1.40. The smallest absolute Gasteiger partial charge is 0.151 e. The fraction of sp³-hybridized carbons (Fsp3) is 0. The van der Waals surface area contributed by atoms with Gasteiger partial charge in [-0.1, -0.05) is 6.07 Å². The number of para-hydroxylation sites is 1. The third-order valence-corrected chi connectivity index (χ3v) is 1.40. The molecule has 0 spiro atoms. The van der Waals surface area contributed by atoms with Crippen molar-refractivity contribution >= 4 is 11.0 Å². The van der Waals surface area contributed by atoms with Crippen molar-refractivity contribution in [3.05, 3.63) is 36.4 Å². The molecule has 2 aromatic rings. The first-order chi connectivity index (χ1) is 5.38. The first kappa shape index (κ1) is 6.22. The van der Waals surface area contributed by atoms with Gasteiger partial charge in [0.25, 0.3) is 0 Å². The van der Waals surface area contributed by atoms with Gasteiger partial charge in [-0.25, -0.2) is 14.4 Å². The molecule has 2 nitrogen and oxygen atoms in total. The monoisotopic (exact) mass is 147 g/mol. The van der Waals surface area contributed by atoms with Gasteiger partial charge in [0.15, 0.2) is 5.82 Å². The van der Waals surface area contributed by atoms with Gasteiger partial charge in [-0.05, 0) is 12.1 Å². The molecule has 11 heavy (non-hydrogen) atoms. The zero-order valence-electron chi connectivity index (χ0n) is 5.58. The summed E-state index contributed by atoms with van der Waals surface area (Å²) in [4.78, 5) is 7.60. The van der Waals surface area contributed by atoms with E-state index in [1.165, 1.54) is 12.3 Å². The summed E-state index contributed by atoms with van der Waals surface area (Å²) < 4.78 is 12.9. The number of nitrogens with zero attached hydrogens (tertiary/aromatic N) is 2. The lowest BCUT2D eigenvalue weighted by Crippen LogP contribution is -1.85. The Morgan fingerprint density at radius 1 is 1.36 bits per heavy atom. The van der Waals surface area contributed by atoms with Gasteiger partial charge < -0.3 is 0 Å². The molecule has 1 aromatic carbocycles. The number of fused-ring (bicyclic) bond motifs is 1. The third kappa shape index (κ3) is 0.941. The molecule has 53 valence electrons. The highest BCUT2D eigenvalue weighted by molar-refractivity contribution is 5.73. The lowest BCUT2D eigenvalue weighted by Gasteiger charge is -1.93. The molecule has 1 aromatic heterocycles. The first-order valence-corrected chi connectivity index (χ1v) is 3.15. The minimum atomic E-state index is -0.344. The van der Waals surface area contributed by atoms with E-state index in [1.807, 2.05) is 0 Å². The van der Waals surface area contributed by atoms with Crippen molar-refractivity contribution in [2.45, 2.75) is 0 Å². The summed E-state index contributed by atoms with van der Waals surface area (Å²) in [5, 5.41) is 0. The van der Waals surface area contributed by atoms with Gasteiger partial charge in [0.1, 0.15) is 11.7 Å². The van der Waals surface area contributed by atoms with E-state index in [4.69, 9.17) is 0 Å². The van der Waals surface area contributed by atoms with Gasteiger partial charge in [-0.15, -0.1) is 0 Å². The van der Waals surface area contributed by atoms with Crippen molar-refractivity contribution in [2.24, 2.45) is 0 Å². The predicted octanol–water partition coefficient (Wildman–Crippen LogP) is 1.57. The summed E-state index contributed by atoms with van der Waals surface area (Å²) in [5.74, 6) is -0.344. The summed E-state index contributed by atoms with van der Waals surface area (Å²) in [5.41, 5.74) is 0.832. The lowest BCUT2D eigenvalue weighted by molar-refractivity contribution is 0.636. The molecule has 3 heteroatoms. The van der Waals surface area contributed by atoms with Gasteiger partial charge in [0.05, 0.1) is 11.7 Å². The zero-order valence-corrected chi connectivity index (χ0v) is 5.58. The second kappa shape index (κ2) is 2.27. The van der Waals surface area contributed by atoms with E-state index in [0.29, 0.717) is 11.0 Å². The van der Waals surface area contributed by atoms with Crippen LogP contribution in [-0.2, 0) is 0 Å². The van der Waals surface area contributed by atoms with E-state index in [0.717, 1.165) is 0 Å². The average Bonchev–Trinajstić information content (AvgIpc) is 2.06. The van der Waals surface area contributed by atoms with E-state index >= 15 is 0 Å². The molecule has 0 bridgehead atoms. The minimum absolute atomic E-state index is 0.297. The zero-order chi connectivity index (χ0) is 7.68. The highest BCUT2D eigenvalue weighted by Gasteiger charge is 1.98. The Morgan fingerprint density at radius 3 is 3.09 bits per heavy atom. The van der Waals surface area contributed by atoms with E-state index in [2.05, 4.69) is 16.2 Å². The number of halogens is 1. The highest BCUT2D eigenvalue weighted by Crippen LogP contribution is 2.10. The molecule has 0 aliphatic heterocycles. The second-order valence-electron chi connectivity index (χ2n) is 2.11. The summed E-state index contributed by atoms with van der Waals surface area (Å²) in [6, 6.07) is 4.65. The van der Waals surface area contributed by atoms with Crippen LogP contribution in [0.3, 0.4) is 0 Å². The minimum Gasteiger partial charge on any atom is -0.249 e. The van der Waals surface area contributed by atoms with Crippen molar-refractivity contribution < 1.29 is 4.39 Å². The van der Waals surface area contributed by atoms with E-state index in [-0.39, 0.29) is 5.82 Å². The summed E-state index contributed by atoms with van der Waals surface area (Å²) in [6.45, 7) is 0. The molecular weight excluding hydrogens is 143 g/mol. The second-order valence-corrected chi connectivity index (χ2v) is 2.11. The predicted molar refractivity (Wildman–Crippen MR) is 38.3 cm³/mol. The molecule has 0 saturated carbocycles. The number of aromatic nitrogens is 2. The molecular formula is C8H4FN2. The maximum Gasteiger partial charge on any atom is 0.151 e. The number of benzene rings is 1. The van der Waals surface area contributed by atoms with Crippen LogP contribution in [0.1, 0.15) is 0 Å². The van der Waals surface area contributed by atoms with Crippen LogP contribution in [0.5, 0.6) is 0 Å². The maximum atomic E-state index is 12.9. The van der Waals surface area contributed by atoms with Gasteiger partial charge in [0, 0.05) is 0 Å². The van der Waals surface area contributed by atoms with Gasteiger partial charge in [-0.3, -0.25) is 0 Å². The average molecular weight is 147 g/mol. The van der Waals surface area contributed by atoms with E-state index in [1.54, 1.807) is 12.1 Å². The Hall–Kier alpha value is -1.51. The van der Waals surface area contributed by atoms with E-state index < -0.39 is 0 Å². The molecule has 0 atom stereocenters. The molecule has 0 unspecified atom stereocenters. The highest BCUT2D eigenvalue weighted by atomic mass is 19.1. The molecule has 0 aliphatic rings. The Morgan fingerprint density at radius 2 is 2.27 bits per heavy atom. The molecule has 1 heterocycles. The molecule has 0 aliphatic carbocycles. The van der Waals surface area contributed by atoms with Gasteiger partial charge in [-0.2, -0.15) is 0 Å². The van der Waals surface area contributed by atoms with Crippen LogP contribution in [0.4, 0.5) is 4.39 Å². The summed E-state index contributed by atoms with van der Waals surface area (Å²) in [7, 11) is 0. The quantitative estimate of drug-likeness (QED) is 0.565. The number of rotatable bonds is 0. The van der Waals surface area contributed by atoms with Crippen LogP contribution in [0.15, 0.2) is 24.4 Å². The molecule has 2 rings (SSSR count). The first-order valence-electron chi connectivity index (χ1n) is 3.15. The van der Waals surface area contributed by atoms with Crippen LogP contribution < -0.4 is 0 Å². The largest absolute Gasteiger partial charge is 0.249 e. The number of hydrogen-bond acceptors (Lipinski definition) is 2. The Bertz CT molecular complexity index is 381. The van der Waals surface area contributed by atoms with Crippen LogP contribution in [0.25, 0.3) is 11.0 Å². The SMILES string of the molecule is Fc1cccc2n[c]cnc12. The fourth-order valence-corrected chi connectivity index (χ4v) is 0.914. The van der Waals surface area contributed by atoms with Crippen molar-refractivity contribution in [2.75, 3.05) is 0 Å². The van der Waals surface area contributed by atoms with E-state index in [9.17, 15) is 4.39 Å².